The topological polar surface area (TPSA) is 69.0 Å². The highest BCUT2D eigenvalue weighted by Gasteiger charge is 2.34. The van der Waals surface area contributed by atoms with Crippen LogP contribution in [0.1, 0.15) is 29.2 Å². The molecule has 0 aliphatic carbocycles. The lowest BCUT2D eigenvalue weighted by atomic mass is 9.85. The fourth-order valence-electron chi connectivity index (χ4n) is 3.84. The van der Waals surface area contributed by atoms with Gasteiger partial charge >= 0.3 is 0 Å². The molecule has 3 heterocycles. The number of nitrogens with zero attached hydrogens (tertiary/aromatic N) is 3. The minimum atomic E-state index is -0.476. The minimum Gasteiger partial charge on any atom is -0.497 e. The number of anilines is 1. The molecule has 4 aromatic rings. The Hall–Kier alpha value is -2.97. The molecule has 0 fully saturated rings. The highest BCUT2D eigenvalue weighted by Crippen LogP contribution is 2.42. The molecule has 6 nitrogen and oxygen atoms in total. The Bertz CT molecular complexity index is 1320. The number of carbonyl (C=O) groups excluding carboxylic acids is 1. The summed E-state index contributed by atoms with van der Waals surface area (Å²) in [6.45, 7) is 1.85. The monoisotopic (exact) mass is 442 g/mol. The number of fused-ring (bicyclic) bond motifs is 2. The van der Waals surface area contributed by atoms with Crippen LogP contribution in [0, 0.1) is 12.7 Å². The standard InChI is InChI=1S/C21H16ClFN4O2S/c1-10-19-14(13-7-11(22)3-5-15(13)23)9-18(28)25-20(19)27(26-10)21-24-16-6-4-12(29-2)8-17(16)30-21/h3-8,14H,9H2,1-2H3,(H,25,28). The SMILES string of the molecule is COc1ccc2nc(-n3nc(C)c4c3NC(=O)CC4c3cc(Cl)ccc3F)sc2c1. The van der Waals surface area contributed by atoms with E-state index in [0.717, 1.165) is 21.5 Å². The quantitative estimate of drug-likeness (QED) is 0.481. The summed E-state index contributed by atoms with van der Waals surface area (Å²) in [5.41, 5.74) is 2.66. The fourth-order valence-corrected chi connectivity index (χ4v) is 4.98. The predicted molar refractivity (Wildman–Crippen MR) is 115 cm³/mol. The lowest BCUT2D eigenvalue weighted by molar-refractivity contribution is -0.116. The van der Waals surface area contributed by atoms with Gasteiger partial charge in [0.25, 0.3) is 0 Å². The molecule has 1 N–H and O–H groups in total. The molecule has 1 unspecified atom stereocenters. The highest BCUT2D eigenvalue weighted by molar-refractivity contribution is 7.20. The molecule has 0 spiro atoms. The molecule has 2 aromatic carbocycles. The molecular weight excluding hydrogens is 427 g/mol. The van der Waals surface area contributed by atoms with Crippen molar-refractivity contribution in [3.05, 3.63) is 64.1 Å². The minimum absolute atomic E-state index is 0.119. The first kappa shape index (κ1) is 19.0. The van der Waals surface area contributed by atoms with Gasteiger partial charge in [0.2, 0.25) is 11.0 Å². The third-order valence-electron chi connectivity index (χ3n) is 5.20. The molecule has 0 radical (unpaired) electrons. The second kappa shape index (κ2) is 7.07. The Kier molecular flexibility index (Phi) is 4.48. The molecule has 152 valence electrons. The van der Waals surface area contributed by atoms with Gasteiger partial charge in [0.05, 0.1) is 23.0 Å². The lowest BCUT2D eigenvalue weighted by Gasteiger charge is -2.24. The van der Waals surface area contributed by atoms with Crippen molar-refractivity contribution in [2.24, 2.45) is 0 Å². The number of methoxy groups -OCH3 is 1. The summed E-state index contributed by atoms with van der Waals surface area (Å²) in [5, 5.41) is 8.55. The van der Waals surface area contributed by atoms with Crippen molar-refractivity contribution in [1.29, 1.82) is 0 Å². The summed E-state index contributed by atoms with van der Waals surface area (Å²) in [6, 6.07) is 10.0. The summed E-state index contributed by atoms with van der Waals surface area (Å²) < 4.78 is 22.4. The first-order chi connectivity index (χ1) is 14.4. The highest BCUT2D eigenvalue weighted by atomic mass is 35.5. The number of halogens is 2. The van der Waals surface area contributed by atoms with Crippen LogP contribution < -0.4 is 10.1 Å². The molecule has 1 aliphatic rings. The number of benzene rings is 2. The molecular formula is C21H16ClFN4O2S. The Morgan fingerprint density at radius 1 is 1.30 bits per heavy atom. The van der Waals surface area contributed by atoms with E-state index < -0.39 is 11.7 Å². The van der Waals surface area contributed by atoms with E-state index in [4.69, 9.17) is 16.3 Å². The first-order valence-electron chi connectivity index (χ1n) is 9.24. The van der Waals surface area contributed by atoms with Crippen molar-refractivity contribution < 1.29 is 13.9 Å². The lowest BCUT2D eigenvalue weighted by Crippen LogP contribution is -2.25. The van der Waals surface area contributed by atoms with Gasteiger partial charge in [-0.25, -0.2) is 9.37 Å². The Morgan fingerprint density at radius 2 is 2.13 bits per heavy atom. The van der Waals surface area contributed by atoms with Crippen molar-refractivity contribution in [3.63, 3.8) is 0 Å². The average molecular weight is 443 g/mol. The van der Waals surface area contributed by atoms with Crippen LogP contribution in [0.2, 0.25) is 5.02 Å². The summed E-state index contributed by atoms with van der Waals surface area (Å²) >= 11 is 7.54. The van der Waals surface area contributed by atoms with E-state index in [1.807, 2.05) is 25.1 Å². The molecule has 0 saturated heterocycles. The van der Waals surface area contributed by atoms with Crippen molar-refractivity contribution in [3.8, 4) is 10.9 Å². The molecule has 1 amide bonds. The maximum absolute atomic E-state index is 14.6. The van der Waals surface area contributed by atoms with Crippen LogP contribution in [0.15, 0.2) is 36.4 Å². The van der Waals surface area contributed by atoms with Crippen LogP contribution in [-0.4, -0.2) is 27.8 Å². The summed E-state index contributed by atoms with van der Waals surface area (Å²) in [7, 11) is 1.61. The van der Waals surface area contributed by atoms with E-state index in [-0.39, 0.29) is 12.3 Å². The zero-order valence-electron chi connectivity index (χ0n) is 16.1. The number of aryl methyl sites for hydroxylation is 1. The van der Waals surface area contributed by atoms with Crippen LogP contribution in [0.25, 0.3) is 15.3 Å². The van der Waals surface area contributed by atoms with Crippen LogP contribution in [0.4, 0.5) is 10.2 Å². The van der Waals surface area contributed by atoms with E-state index in [0.29, 0.717) is 27.2 Å². The molecule has 0 bridgehead atoms. The zero-order chi connectivity index (χ0) is 21.0. The number of thiazole rings is 1. The molecule has 1 aliphatic heterocycles. The number of hydrogen-bond donors (Lipinski definition) is 1. The van der Waals surface area contributed by atoms with E-state index in [1.54, 1.807) is 17.9 Å². The predicted octanol–water partition coefficient (Wildman–Crippen LogP) is 5.07. The second-order valence-corrected chi connectivity index (χ2v) is 8.51. The zero-order valence-corrected chi connectivity index (χ0v) is 17.6. The van der Waals surface area contributed by atoms with Crippen LogP contribution >= 0.6 is 22.9 Å². The fraction of sp³-hybridized carbons (Fsp3) is 0.190. The molecule has 2 aromatic heterocycles. The summed E-state index contributed by atoms with van der Waals surface area (Å²) in [4.78, 5) is 17.2. The number of amides is 1. The van der Waals surface area contributed by atoms with E-state index in [1.165, 1.54) is 23.5 Å². The summed E-state index contributed by atoms with van der Waals surface area (Å²) in [6.07, 6.45) is 0.119. The van der Waals surface area contributed by atoms with Crippen molar-refractivity contribution in [1.82, 2.24) is 14.8 Å². The first-order valence-corrected chi connectivity index (χ1v) is 10.4. The third-order valence-corrected chi connectivity index (χ3v) is 6.43. The molecule has 1 atom stereocenters. The number of carbonyl (C=O) groups is 1. The molecule has 5 rings (SSSR count). The number of hydrogen-bond acceptors (Lipinski definition) is 5. The summed E-state index contributed by atoms with van der Waals surface area (Å²) in [5.74, 6) is 0.163. The maximum Gasteiger partial charge on any atom is 0.226 e. The number of ether oxygens (including phenoxy) is 1. The number of nitrogens with one attached hydrogen (secondary N) is 1. The molecule has 0 saturated carbocycles. The van der Waals surface area contributed by atoms with Gasteiger partial charge in [0.1, 0.15) is 17.4 Å². The van der Waals surface area contributed by atoms with Gasteiger partial charge in [-0.05, 0) is 48.9 Å². The van der Waals surface area contributed by atoms with Gasteiger partial charge in [-0.3, -0.25) is 4.79 Å². The Labute approximate surface area is 180 Å². The normalized spacial score (nSPS) is 15.9. The Morgan fingerprint density at radius 3 is 2.93 bits per heavy atom. The van der Waals surface area contributed by atoms with Crippen molar-refractivity contribution >= 4 is 44.9 Å². The van der Waals surface area contributed by atoms with Gasteiger partial charge in [-0.1, -0.05) is 22.9 Å². The second-order valence-electron chi connectivity index (χ2n) is 7.06. The third kappa shape index (κ3) is 3.03. The smallest absolute Gasteiger partial charge is 0.226 e. The van der Waals surface area contributed by atoms with Crippen LogP contribution in [-0.2, 0) is 4.79 Å². The van der Waals surface area contributed by atoms with Gasteiger partial charge < -0.3 is 10.1 Å². The molecule has 30 heavy (non-hydrogen) atoms. The number of rotatable bonds is 3. The van der Waals surface area contributed by atoms with E-state index in [9.17, 15) is 9.18 Å². The largest absolute Gasteiger partial charge is 0.497 e. The Balaban J connectivity index is 1.67. The van der Waals surface area contributed by atoms with E-state index in [2.05, 4.69) is 15.4 Å². The van der Waals surface area contributed by atoms with Gasteiger partial charge in [0.15, 0.2) is 0 Å². The van der Waals surface area contributed by atoms with Gasteiger partial charge in [-0.2, -0.15) is 9.78 Å². The van der Waals surface area contributed by atoms with Crippen molar-refractivity contribution in [2.75, 3.05) is 12.4 Å². The average Bonchev–Trinajstić information content (AvgIpc) is 3.29. The maximum atomic E-state index is 14.6. The molecule has 9 heteroatoms. The van der Waals surface area contributed by atoms with Gasteiger partial charge in [-0.15, -0.1) is 0 Å². The number of aromatic nitrogens is 3. The van der Waals surface area contributed by atoms with E-state index >= 15 is 0 Å². The van der Waals surface area contributed by atoms with Crippen LogP contribution in [0.3, 0.4) is 0 Å². The van der Waals surface area contributed by atoms with Gasteiger partial charge in [0, 0.05) is 22.9 Å². The van der Waals surface area contributed by atoms with Crippen molar-refractivity contribution in [2.45, 2.75) is 19.3 Å². The van der Waals surface area contributed by atoms with Crippen LogP contribution in [0.5, 0.6) is 5.75 Å².